The smallest absolute Gasteiger partial charge is 0.406 e. The van der Waals surface area contributed by atoms with Gasteiger partial charge in [0.15, 0.2) is 0 Å². The molecule has 18 heavy (non-hydrogen) atoms. The summed E-state index contributed by atoms with van der Waals surface area (Å²) in [5.41, 5.74) is 2.47. The molecule has 4 heteroatoms. The van der Waals surface area contributed by atoms with E-state index in [0.29, 0.717) is 5.92 Å². The Morgan fingerprint density at radius 1 is 1.17 bits per heavy atom. The highest BCUT2D eigenvalue weighted by atomic mass is 19.4. The van der Waals surface area contributed by atoms with Gasteiger partial charge in [-0.15, -0.1) is 13.2 Å². The molecule has 2 rings (SSSR count). The maximum absolute atomic E-state index is 12.0. The minimum absolute atomic E-state index is 0.159. The molecular formula is C14H15F3O. The van der Waals surface area contributed by atoms with Crippen LogP contribution >= 0.6 is 0 Å². The van der Waals surface area contributed by atoms with Crippen LogP contribution in [0.4, 0.5) is 13.2 Å². The van der Waals surface area contributed by atoms with E-state index >= 15 is 0 Å². The standard InChI is InChI=1S/C14H15F3O/c1-10-2-4-11(5-3-10)12-6-8-13(9-7-12)18-14(15,16)17/h2,6-9,11H,3-5H2,1H3. The van der Waals surface area contributed by atoms with Gasteiger partial charge < -0.3 is 4.74 Å². The third-order valence-corrected chi connectivity index (χ3v) is 3.22. The average molecular weight is 256 g/mol. The van der Waals surface area contributed by atoms with Crippen LogP contribution in [0.15, 0.2) is 35.9 Å². The fraction of sp³-hybridized carbons (Fsp3) is 0.429. The summed E-state index contributed by atoms with van der Waals surface area (Å²) in [5.74, 6) is 0.252. The molecule has 0 aliphatic heterocycles. The molecule has 0 radical (unpaired) electrons. The van der Waals surface area contributed by atoms with Gasteiger partial charge in [-0.1, -0.05) is 23.8 Å². The van der Waals surface area contributed by atoms with Gasteiger partial charge in [0, 0.05) is 0 Å². The van der Waals surface area contributed by atoms with Gasteiger partial charge in [-0.2, -0.15) is 0 Å². The van der Waals surface area contributed by atoms with Crippen molar-refractivity contribution in [1.82, 2.24) is 0 Å². The number of hydrogen-bond donors (Lipinski definition) is 0. The summed E-state index contributed by atoms with van der Waals surface area (Å²) >= 11 is 0. The van der Waals surface area contributed by atoms with Crippen LogP contribution in [0.3, 0.4) is 0 Å². The third-order valence-electron chi connectivity index (χ3n) is 3.22. The molecule has 0 bridgehead atoms. The average Bonchev–Trinajstić information content (AvgIpc) is 2.29. The maximum Gasteiger partial charge on any atom is 0.573 e. The van der Waals surface area contributed by atoms with Crippen LogP contribution in [0.1, 0.15) is 37.7 Å². The predicted octanol–water partition coefficient (Wildman–Crippen LogP) is 4.80. The summed E-state index contributed by atoms with van der Waals surface area (Å²) in [6, 6.07) is 6.21. The quantitative estimate of drug-likeness (QED) is 0.691. The second-order valence-corrected chi connectivity index (χ2v) is 4.64. The summed E-state index contributed by atoms with van der Waals surface area (Å²) < 4.78 is 39.9. The molecule has 1 aliphatic carbocycles. The number of allylic oxidation sites excluding steroid dienone is 2. The molecule has 0 heterocycles. The van der Waals surface area contributed by atoms with E-state index in [2.05, 4.69) is 17.7 Å². The molecular weight excluding hydrogens is 241 g/mol. The summed E-state index contributed by atoms with van der Waals surface area (Å²) in [4.78, 5) is 0. The van der Waals surface area contributed by atoms with Gasteiger partial charge in [-0.25, -0.2) is 0 Å². The summed E-state index contributed by atoms with van der Waals surface area (Å²) in [6.07, 6.45) is 0.666. The van der Waals surface area contributed by atoms with Crippen molar-refractivity contribution >= 4 is 0 Å². The number of hydrogen-bond acceptors (Lipinski definition) is 1. The molecule has 1 aliphatic rings. The molecule has 1 nitrogen and oxygen atoms in total. The van der Waals surface area contributed by atoms with Crippen molar-refractivity contribution < 1.29 is 17.9 Å². The lowest BCUT2D eigenvalue weighted by Crippen LogP contribution is -2.17. The molecule has 1 aromatic rings. The second kappa shape index (κ2) is 5.04. The zero-order chi connectivity index (χ0) is 13.2. The summed E-state index contributed by atoms with van der Waals surface area (Å²) in [5, 5.41) is 0. The number of halogens is 3. The van der Waals surface area contributed by atoms with Gasteiger partial charge in [0.05, 0.1) is 0 Å². The second-order valence-electron chi connectivity index (χ2n) is 4.64. The van der Waals surface area contributed by atoms with Crippen molar-refractivity contribution in [2.45, 2.75) is 38.5 Å². The molecule has 0 saturated carbocycles. The van der Waals surface area contributed by atoms with Crippen molar-refractivity contribution in [3.63, 3.8) is 0 Å². The van der Waals surface area contributed by atoms with E-state index in [0.717, 1.165) is 24.8 Å². The monoisotopic (exact) mass is 256 g/mol. The fourth-order valence-corrected chi connectivity index (χ4v) is 2.21. The van der Waals surface area contributed by atoms with Crippen molar-refractivity contribution in [3.05, 3.63) is 41.5 Å². The first-order valence-corrected chi connectivity index (χ1v) is 5.95. The number of rotatable bonds is 2. The molecule has 1 aromatic carbocycles. The molecule has 0 fully saturated rings. The first kappa shape index (κ1) is 13.0. The molecule has 0 N–H and O–H groups in total. The Morgan fingerprint density at radius 2 is 1.83 bits per heavy atom. The number of benzene rings is 1. The zero-order valence-corrected chi connectivity index (χ0v) is 10.1. The molecule has 1 unspecified atom stereocenters. The molecule has 1 atom stereocenters. The Morgan fingerprint density at radius 3 is 2.33 bits per heavy atom. The Bertz CT molecular complexity index is 431. The first-order chi connectivity index (χ1) is 8.44. The van der Waals surface area contributed by atoms with E-state index in [-0.39, 0.29) is 5.75 Å². The normalized spacial score (nSPS) is 20.4. The maximum atomic E-state index is 12.0. The van der Waals surface area contributed by atoms with Gasteiger partial charge in [0.25, 0.3) is 0 Å². The lowest BCUT2D eigenvalue weighted by atomic mass is 9.85. The van der Waals surface area contributed by atoms with Crippen LogP contribution in [0.5, 0.6) is 5.75 Å². The van der Waals surface area contributed by atoms with Gasteiger partial charge in [-0.05, 0) is 49.8 Å². The van der Waals surface area contributed by atoms with Crippen LogP contribution in [-0.2, 0) is 0 Å². The predicted molar refractivity (Wildman–Crippen MR) is 63.5 cm³/mol. The van der Waals surface area contributed by atoms with Crippen LogP contribution in [-0.4, -0.2) is 6.36 Å². The van der Waals surface area contributed by atoms with E-state index in [9.17, 15) is 13.2 Å². The largest absolute Gasteiger partial charge is 0.573 e. The van der Waals surface area contributed by atoms with Gasteiger partial charge in [-0.3, -0.25) is 0 Å². The van der Waals surface area contributed by atoms with E-state index < -0.39 is 6.36 Å². The van der Waals surface area contributed by atoms with E-state index in [1.54, 1.807) is 12.1 Å². The minimum Gasteiger partial charge on any atom is -0.406 e. The molecule has 0 spiro atoms. The molecule has 0 aromatic heterocycles. The highest BCUT2D eigenvalue weighted by Gasteiger charge is 2.31. The van der Waals surface area contributed by atoms with Crippen molar-refractivity contribution in [2.24, 2.45) is 0 Å². The lowest BCUT2D eigenvalue weighted by Gasteiger charge is -2.21. The van der Waals surface area contributed by atoms with Gasteiger partial charge >= 0.3 is 6.36 Å². The zero-order valence-electron chi connectivity index (χ0n) is 10.1. The van der Waals surface area contributed by atoms with Crippen molar-refractivity contribution in [1.29, 1.82) is 0 Å². The van der Waals surface area contributed by atoms with Crippen molar-refractivity contribution in [2.75, 3.05) is 0 Å². The highest BCUT2D eigenvalue weighted by molar-refractivity contribution is 5.30. The van der Waals surface area contributed by atoms with Gasteiger partial charge in [0.2, 0.25) is 0 Å². The Labute approximate surface area is 104 Å². The highest BCUT2D eigenvalue weighted by Crippen LogP contribution is 2.33. The molecule has 0 amide bonds. The summed E-state index contributed by atoms with van der Waals surface area (Å²) in [6.45, 7) is 2.11. The lowest BCUT2D eigenvalue weighted by molar-refractivity contribution is -0.274. The van der Waals surface area contributed by atoms with E-state index in [1.165, 1.54) is 17.7 Å². The number of ether oxygens (including phenoxy) is 1. The van der Waals surface area contributed by atoms with Crippen LogP contribution in [0, 0.1) is 0 Å². The number of alkyl halides is 3. The third kappa shape index (κ3) is 3.52. The fourth-order valence-electron chi connectivity index (χ4n) is 2.21. The van der Waals surface area contributed by atoms with Crippen molar-refractivity contribution in [3.8, 4) is 5.75 Å². The van der Waals surface area contributed by atoms with E-state index in [4.69, 9.17) is 0 Å². The molecule has 0 saturated heterocycles. The first-order valence-electron chi connectivity index (χ1n) is 5.95. The van der Waals surface area contributed by atoms with Crippen LogP contribution in [0.2, 0.25) is 0 Å². The SMILES string of the molecule is CC1=CCC(c2ccc(OC(F)(F)F)cc2)CC1. The summed E-state index contributed by atoms with van der Waals surface area (Å²) in [7, 11) is 0. The van der Waals surface area contributed by atoms with E-state index in [1.807, 2.05) is 0 Å². The van der Waals surface area contributed by atoms with Gasteiger partial charge in [0.1, 0.15) is 5.75 Å². The molecule has 98 valence electrons. The minimum atomic E-state index is -4.62. The topological polar surface area (TPSA) is 9.23 Å². The Kier molecular flexibility index (Phi) is 3.64. The van der Waals surface area contributed by atoms with Crippen LogP contribution in [0.25, 0.3) is 0 Å². The van der Waals surface area contributed by atoms with Crippen LogP contribution < -0.4 is 4.74 Å². The Hall–Kier alpha value is -1.45. The Balaban J connectivity index is 2.04.